The van der Waals surface area contributed by atoms with Crippen molar-refractivity contribution < 1.29 is 4.79 Å². The first-order chi connectivity index (χ1) is 11.7. The van der Waals surface area contributed by atoms with Crippen molar-refractivity contribution in [3.05, 3.63) is 39.6 Å². The lowest BCUT2D eigenvalue weighted by Crippen LogP contribution is -2.29. The summed E-state index contributed by atoms with van der Waals surface area (Å²) in [5.74, 6) is -0.00768. The minimum absolute atomic E-state index is 0.00768. The third-order valence-corrected chi connectivity index (χ3v) is 6.79. The highest BCUT2D eigenvalue weighted by Gasteiger charge is 2.28. The van der Waals surface area contributed by atoms with Crippen LogP contribution in [0.2, 0.25) is 0 Å². The maximum absolute atomic E-state index is 12.5. The van der Waals surface area contributed by atoms with Gasteiger partial charge in [0, 0.05) is 30.6 Å². The molecule has 1 N–H and O–H groups in total. The number of para-hydroxylation sites is 1. The van der Waals surface area contributed by atoms with Crippen LogP contribution in [-0.4, -0.2) is 35.9 Å². The van der Waals surface area contributed by atoms with Gasteiger partial charge in [-0.05, 0) is 30.7 Å². The Bertz CT molecular complexity index is 879. The first kappa shape index (κ1) is 15.7. The van der Waals surface area contributed by atoms with Gasteiger partial charge in [-0.25, -0.2) is 4.98 Å². The lowest BCUT2D eigenvalue weighted by molar-refractivity contribution is 0.0967. The van der Waals surface area contributed by atoms with Crippen LogP contribution in [0.3, 0.4) is 0 Å². The van der Waals surface area contributed by atoms with E-state index in [-0.39, 0.29) is 5.91 Å². The van der Waals surface area contributed by atoms with Crippen LogP contribution in [0.15, 0.2) is 24.3 Å². The van der Waals surface area contributed by atoms with Crippen molar-refractivity contribution in [3.63, 3.8) is 0 Å². The number of hydrogen-bond donors (Lipinski definition) is 1. The number of thiophene rings is 1. The molecule has 4 nitrogen and oxygen atoms in total. The van der Waals surface area contributed by atoms with Crippen LogP contribution in [0.25, 0.3) is 20.8 Å². The summed E-state index contributed by atoms with van der Waals surface area (Å²) in [7, 11) is 1.70. The molecule has 0 saturated heterocycles. The number of carbonyl (C=O) groups excluding carboxylic acids is 1. The van der Waals surface area contributed by atoms with Crippen molar-refractivity contribution in [2.24, 2.45) is 0 Å². The Morgan fingerprint density at radius 3 is 2.92 bits per heavy atom. The molecule has 1 amide bonds. The first-order valence-electron chi connectivity index (χ1n) is 8.16. The maximum Gasteiger partial charge on any atom is 0.261 e. The van der Waals surface area contributed by atoms with Crippen LogP contribution >= 0.6 is 22.7 Å². The molecule has 2 aromatic heterocycles. The SMILES string of the molecule is CCN1CCc2c(sc(C(=O)NC)c2-c2nc3ccccc3s2)C1. The number of benzene rings is 1. The van der Waals surface area contributed by atoms with E-state index in [1.807, 2.05) is 18.2 Å². The van der Waals surface area contributed by atoms with Crippen molar-refractivity contribution in [1.82, 2.24) is 15.2 Å². The Labute approximate surface area is 149 Å². The topological polar surface area (TPSA) is 45.2 Å². The van der Waals surface area contributed by atoms with E-state index in [0.29, 0.717) is 0 Å². The van der Waals surface area contributed by atoms with Crippen molar-refractivity contribution in [2.75, 3.05) is 20.1 Å². The minimum Gasteiger partial charge on any atom is -0.354 e. The molecule has 0 bridgehead atoms. The summed E-state index contributed by atoms with van der Waals surface area (Å²) < 4.78 is 1.17. The van der Waals surface area contributed by atoms with E-state index < -0.39 is 0 Å². The lowest BCUT2D eigenvalue weighted by atomic mass is 10.0. The van der Waals surface area contributed by atoms with Gasteiger partial charge in [0.1, 0.15) is 9.88 Å². The van der Waals surface area contributed by atoms with E-state index in [1.54, 1.807) is 29.7 Å². The molecule has 1 aromatic carbocycles. The molecule has 3 heterocycles. The normalized spacial score (nSPS) is 14.8. The lowest BCUT2D eigenvalue weighted by Gasteiger charge is -2.25. The highest BCUT2D eigenvalue weighted by Crippen LogP contribution is 2.42. The number of likely N-dealkylation sites (N-methyl/N-ethyl adjacent to an activating group) is 1. The second-order valence-electron chi connectivity index (χ2n) is 5.89. The smallest absolute Gasteiger partial charge is 0.261 e. The van der Waals surface area contributed by atoms with E-state index in [4.69, 9.17) is 4.98 Å². The van der Waals surface area contributed by atoms with E-state index in [0.717, 1.165) is 47.0 Å². The summed E-state index contributed by atoms with van der Waals surface area (Å²) in [6, 6.07) is 8.17. The summed E-state index contributed by atoms with van der Waals surface area (Å²) in [5, 5.41) is 3.76. The van der Waals surface area contributed by atoms with Gasteiger partial charge in [0.05, 0.1) is 10.2 Å². The van der Waals surface area contributed by atoms with E-state index >= 15 is 0 Å². The molecular weight excluding hydrogens is 338 g/mol. The molecule has 4 rings (SSSR count). The number of aromatic nitrogens is 1. The summed E-state index contributed by atoms with van der Waals surface area (Å²) in [4.78, 5) is 21.8. The van der Waals surface area contributed by atoms with Crippen LogP contribution in [0.5, 0.6) is 0 Å². The van der Waals surface area contributed by atoms with Crippen LogP contribution in [0.1, 0.15) is 27.0 Å². The zero-order valence-electron chi connectivity index (χ0n) is 13.8. The molecule has 0 saturated carbocycles. The number of rotatable bonds is 3. The largest absolute Gasteiger partial charge is 0.354 e. The fraction of sp³-hybridized carbons (Fsp3) is 0.333. The second-order valence-corrected chi connectivity index (χ2v) is 8.03. The molecule has 0 fully saturated rings. The number of nitrogens with zero attached hydrogens (tertiary/aromatic N) is 2. The maximum atomic E-state index is 12.5. The van der Waals surface area contributed by atoms with Crippen molar-refractivity contribution in [3.8, 4) is 10.6 Å². The van der Waals surface area contributed by atoms with E-state index in [9.17, 15) is 4.79 Å². The van der Waals surface area contributed by atoms with Crippen molar-refractivity contribution >= 4 is 38.8 Å². The number of thiazole rings is 1. The molecule has 1 aliphatic rings. The van der Waals surface area contributed by atoms with Gasteiger partial charge < -0.3 is 5.32 Å². The van der Waals surface area contributed by atoms with Gasteiger partial charge in [0.2, 0.25) is 0 Å². The number of amides is 1. The Balaban J connectivity index is 1.89. The molecule has 3 aromatic rings. The molecule has 0 radical (unpaired) electrons. The van der Waals surface area contributed by atoms with Crippen LogP contribution < -0.4 is 5.32 Å². The zero-order valence-corrected chi connectivity index (χ0v) is 15.4. The summed E-state index contributed by atoms with van der Waals surface area (Å²) in [5.41, 5.74) is 3.39. The van der Waals surface area contributed by atoms with Gasteiger partial charge in [-0.15, -0.1) is 22.7 Å². The molecule has 0 atom stereocenters. The van der Waals surface area contributed by atoms with E-state index in [1.165, 1.54) is 15.1 Å². The summed E-state index contributed by atoms with van der Waals surface area (Å²) in [6.45, 7) is 5.21. The molecule has 0 spiro atoms. The molecule has 0 unspecified atom stereocenters. The fourth-order valence-electron chi connectivity index (χ4n) is 3.21. The average molecular weight is 358 g/mol. The second kappa shape index (κ2) is 6.27. The summed E-state index contributed by atoms with van der Waals surface area (Å²) >= 11 is 3.31. The molecule has 24 heavy (non-hydrogen) atoms. The quantitative estimate of drug-likeness (QED) is 0.776. The Hall–Kier alpha value is -1.76. The van der Waals surface area contributed by atoms with Gasteiger partial charge in [-0.2, -0.15) is 0 Å². The third-order valence-electron chi connectivity index (χ3n) is 4.52. The van der Waals surface area contributed by atoms with Crippen LogP contribution in [-0.2, 0) is 13.0 Å². The summed E-state index contributed by atoms with van der Waals surface area (Å²) in [6.07, 6.45) is 0.988. The van der Waals surface area contributed by atoms with Gasteiger partial charge >= 0.3 is 0 Å². The number of carbonyl (C=O) groups is 1. The predicted molar refractivity (Wildman–Crippen MR) is 101 cm³/mol. The number of nitrogens with one attached hydrogen (secondary N) is 1. The van der Waals surface area contributed by atoms with Crippen LogP contribution in [0, 0.1) is 0 Å². The first-order valence-corrected chi connectivity index (χ1v) is 9.79. The highest BCUT2D eigenvalue weighted by molar-refractivity contribution is 7.22. The van der Waals surface area contributed by atoms with Gasteiger partial charge in [0.15, 0.2) is 0 Å². The van der Waals surface area contributed by atoms with E-state index in [2.05, 4.69) is 23.2 Å². The third kappa shape index (κ3) is 2.55. The Kier molecular flexibility index (Phi) is 4.12. The van der Waals surface area contributed by atoms with Crippen molar-refractivity contribution in [1.29, 1.82) is 0 Å². The monoisotopic (exact) mass is 357 g/mol. The average Bonchev–Trinajstić information content (AvgIpc) is 3.20. The number of hydrogen-bond acceptors (Lipinski definition) is 5. The van der Waals surface area contributed by atoms with Crippen LogP contribution in [0.4, 0.5) is 0 Å². The Morgan fingerprint density at radius 1 is 1.33 bits per heavy atom. The van der Waals surface area contributed by atoms with Crippen molar-refractivity contribution in [2.45, 2.75) is 19.9 Å². The molecule has 6 heteroatoms. The standard InChI is InChI=1S/C18H19N3OS2/c1-3-21-9-8-11-14(10-21)23-16(17(22)19-2)15(11)18-20-12-6-4-5-7-13(12)24-18/h4-7H,3,8-10H2,1-2H3,(H,19,22). The van der Waals surface area contributed by atoms with Gasteiger partial charge in [0.25, 0.3) is 5.91 Å². The highest BCUT2D eigenvalue weighted by atomic mass is 32.1. The molecular formula is C18H19N3OS2. The molecule has 124 valence electrons. The number of fused-ring (bicyclic) bond motifs is 2. The van der Waals surface area contributed by atoms with Gasteiger partial charge in [-0.1, -0.05) is 19.1 Å². The molecule has 0 aliphatic carbocycles. The van der Waals surface area contributed by atoms with Gasteiger partial charge in [-0.3, -0.25) is 9.69 Å². The Morgan fingerprint density at radius 2 is 2.17 bits per heavy atom. The minimum atomic E-state index is -0.00768. The molecule has 1 aliphatic heterocycles. The predicted octanol–water partition coefficient (Wildman–Crippen LogP) is 3.76. The fourth-order valence-corrected chi connectivity index (χ4v) is 5.65. The zero-order chi connectivity index (χ0) is 16.7.